The number of carbonyl (C=O) groups excluding carboxylic acids is 2. The van der Waals surface area contributed by atoms with E-state index in [1.807, 2.05) is 0 Å². The molecule has 0 aliphatic carbocycles. The van der Waals surface area contributed by atoms with E-state index in [4.69, 9.17) is 12.2 Å². The van der Waals surface area contributed by atoms with Crippen LogP contribution in [0.15, 0.2) is 54.6 Å². The standard InChI is InChI=1S/C18H15FN2O2S/c1-12(22)14-3-2-4-16(11-14)20-18(24)21-17(23)10-7-13-5-8-15(19)9-6-13/h2-11H,1H3,(H2,20,21,23,24)/b10-7+. The number of Topliss-reactive ketones (excluding diaryl/α,β-unsaturated/α-hetero) is 1. The maximum atomic E-state index is 12.8. The van der Waals surface area contributed by atoms with Crippen molar-refractivity contribution >= 4 is 40.8 Å². The molecule has 2 aromatic carbocycles. The van der Waals surface area contributed by atoms with Crippen LogP contribution >= 0.6 is 12.2 Å². The van der Waals surface area contributed by atoms with E-state index in [-0.39, 0.29) is 16.7 Å². The highest BCUT2D eigenvalue weighted by molar-refractivity contribution is 7.80. The number of benzene rings is 2. The first-order valence-electron chi connectivity index (χ1n) is 7.10. The number of amides is 1. The molecular formula is C18H15FN2O2S. The second-order valence-electron chi connectivity index (χ2n) is 4.97. The Hall–Kier alpha value is -2.86. The lowest BCUT2D eigenvalue weighted by atomic mass is 10.1. The Bertz CT molecular complexity index is 801. The summed E-state index contributed by atoms with van der Waals surface area (Å²) in [5.41, 5.74) is 1.85. The fraction of sp³-hybridized carbons (Fsp3) is 0.0556. The zero-order valence-corrected chi connectivity index (χ0v) is 13.7. The van der Waals surface area contributed by atoms with Crippen molar-refractivity contribution in [2.45, 2.75) is 6.92 Å². The minimum atomic E-state index is -0.417. The van der Waals surface area contributed by atoms with Gasteiger partial charge in [0.25, 0.3) is 0 Å². The fourth-order valence-corrected chi connectivity index (χ4v) is 2.10. The molecule has 0 bridgehead atoms. The first-order valence-corrected chi connectivity index (χ1v) is 7.51. The van der Waals surface area contributed by atoms with E-state index in [1.54, 1.807) is 42.5 Å². The third-order valence-electron chi connectivity index (χ3n) is 3.06. The number of halogens is 1. The van der Waals surface area contributed by atoms with Crippen molar-refractivity contribution in [1.29, 1.82) is 0 Å². The van der Waals surface area contributed by atoms with Gasteiger partial charge in [0.15, 0.2) is 10.9 Å². The minimum absolute atomic E-state index is 0.0594. The van der Waals surface area contributed by atoms with Crippen molar-refractivity contribution in [3.8, 4) is 0 Å². The van der Waals surface area contributed by atoms with Gasteiger partial charge in [-0.3, -0.25) is 14.9 Å². The number of hydrogen-bond acceptors (Lipinski definition) is 3. The molecule has 0 saturated heterocycles. The van der Waals surface area contributed by atoms with Gasteiger partial charge in [0.1, 0.15) is 5.82 Å². The Morgan fingerprint density at radius 3 is 2.50 bits per heavy atom. The highest BCUT2D eigenvalue weighted by Crippen LogP contribution is 2.11. The summed E-state index contributed by atoms with van der Waals surface area (Å²) < 4.78 is 12.8. The number of anilines is 1. The molecule has 0 spiro atoms. The Morgan fingerprint density at radius 2 is 1.83 bits per heavy atom. The lowest BCUT2D eigenvalue weighted by Gasteiger charge is -2.08. The minimum Gasteiger partial charge on any atom is -0.332 e. The van der Waals surface area contributed by atoms with E-state index < -0.39 is 5.91 Å². The molecule has 0 aliphatic heterocycles. The van der Waals surface area contributed by atoms with Gasteiger partial charge in [0.05, 0.1) is 0 Å². The lowest BCUT2D eigenvalue weighted by molar-refractivity contribution is -0.115. The number of hydrogen-bond donors (Lipinski definition) is 2. The zero-order valence-electron chi connectivity index (χ0n) is 12.9. The van der Waals surface area contributed by atoms with Gasteiger partial charge >= 0.3 is 0 Å². The van der Waals surface area contributed by atoms with Crippen molar-refractivity contribution in [2.24, 2.45) is 0 Å². The van der Waals surface area contributed by atoms with Crippen LogP contribution in [0.1, 0.15) is 22.8 Å². The van der Waals surface area contributed by atoms with Crippen LogP contribution in [0.3, 0.4) is 0 Å². The third-order valence-corrected chi connectivity index (χ3v) is 3.26. The largest absolute Gasteiger partial charge is 0.332 e. The average molecular weight is 342 g/mol. The van der Waals surface area contributed by atoms with E-state index in [0.29, 0.717) is 16.8 Å². The van der Waals surface area contributed by atoms with E-state index in [2.05, 4.69) is 10.6 Å². The van der Waals surface area contributed by atoms with Gasteiger partial charge in [-0.1, -0.05) is 24.3 Å². The summed E-state index contributed by atoms with van der Waals surface area (Å²) in [6, 6.07) is 12.5. The smallest absolute Gasteiger partial charge is 0.250 e. The fourth-order valence-electron chi connectivity index (χ4n) is 1.88. The number of thiocarbonyl (C=S) groups is 1. The predicted molar refractivity (Wildman–Crippen MR) is 96.2 cm³/mol. The Labute approximate surface area is 144 Å². The topological polar surface area (TPSA) is 58.2 Å². The maximum absolute atomic E-state index is 12.8. The SMILES string of the molecule is CC(=O)c1cccc(NC(=S)NC(=O)/C=C/c2ccc(F)cc2)c1. The molecule has 0 aromatic heterocycles. The Balaban J connectivity index is 1.92. The van der Waals surface area contributed by atoms with Gasteiger partial charge in [0.2, 0.25) is 5.91 Å². The van der Waals surface area contributed by atoms with E-state index in [1.165, 1.54) is 25.1 Å². The number of nitrogens with one attached hydrogen (secondary N) is 2. The van der Waals surface area contributed by atoms with Gasteiger partial charge in [-0.05, 0) is 55.0 Å². The molecule has 0 atom stereocenters. The summed E-state index contributed by atoms with van der Waals surface area (Å²) in [4.78, 5) is 23.1. The van der Waals surface area contributed by atoms with Gasteiger partial charge in [-0.2, -0.15) is 0 Å². The highest BCUT2D eigenvalue weighted by atomic mass is 32.1. The van der Waals surface area contributed by atoms with Crippen LogP contribution in [-0.4, -0.2) is 16.8 Å². The molecule has 0 unspecified atom stereocenters. The zero-order chi connectivity index (χ0) is 17.5. The van der Waals surface area contributed by atoms with E-state index in [0.717, 1.165) is 0 Å². The summed E-state index contributed by atoms with van der Waals surface area (Å²) in [6.07, 6.45) is 2.85. The molecule has 2 rings (SSSR count). The monoisotopic (exact) mass is 342 g/mol. The second-order valence-corrected chi connectivity index (χ2v) is 5.37. The van der Waals surface area contributed by atoms with Gasteiger partial charge in [-0.25, -0.2) is 4.39 Å². The molecule has 6 heteroatoms. The van der Waals surface area contributed by atoms with Crippen molar-refractivity contribution in [3.05, 3.63) is 71.6 Å². The van der Waals surface area contributed by atoms with Crippen LogP contribution in [-0.2, 0) is 4.79 Å². The van der Waals surface area contributed by atoms with Crippen LogP contribution < -0.4 is 10.6 Å². The Kier molecular flexibility index (Phi) is 5.92. The molecule has 2 aromatic rings. The molecule has 24 heavy (non-hydrogen) atoms. The lowest BCUT2D eigenvalue weighted by Crippen LogP contribution is -2.32. The molecule has 4 nitrogen and oxygen atoms in total. The summed E-state index contributed by atoms with van der Waals surface area (Å²) in [5, 5.41) is 5.45. The summed E-state index contributed by atoms with van der Waals surface area (Å²) >= 11 is 5.06. The molecule has 0 saturated carbocycles. The highest BCUT2D eigenvalue weighted by Gasteiger charge is 2.04. The molecule has 0 radical (unpaired) electrons. The summed E-state index contributed by atoms with van der Waals surface area (Å²) in [6.45, 7) is 1.47. The molecule has 0 heterocycles. The summed E-state index contributed by atoms with van der Waals surface area (Å²) in [7, 11) is 0. The van der Waals surface area contributed by atoms with Gasteiger partial charge < -0.3 is 5.32 Å². The number of ketones is 1. The molecule has 2 N–H and O–H groups in total. The van der Waals surface area contributed by atoms with Crippen molar-refractivity contribution in [1.82, 2.24) is 5.32 Å². The maximum Gasteiger partial charge on any atom is 0.250 e. The predicted octanol–water partition coefficient (Wildman–Crippen LogP) is 3.55. The average Bonchev–Trinajstić information content (AvgIpc) is 2.54. The van der Waals surface area contributed by atoms with Crippen LogP contribution in [0.25, 0.3) is 6.08 Å². The third kappa shape index (κ3) is 5.40. The van der Waals surface area contributed by atoms with Gasteiger partial charge in [-0.15, -0.1) is 0 Å². The molecule has 122 valence electrons. The normalized spacial score (nSPS) is 10.4. The first kappa shape index (κ1) is 17.5. The van der Waals surface area contributed by atoms with Gasteiger partial charge in [0, 0.05) is 17.3 Å². The molecule has 1 amide bonds. The second kappa shape index (κ2) is 8.12. The van der Waals surface area contributed by atoms with Crippen molar-refractivity contribution in [3.63, 3.8) is 0 Å². The molecule has 0 fully saturated rings. The van der Waals surface area contributed by atoms with E-state index >= 15 is 0 Å². The first-order chi connectivity index (χ1) is 11.4. The molecular weight excluding hydrogens is 327 g/mol. The quantitative estimate of drug-likeness (QED) is 0.507. The van der Waals surface area contributed by atoms with Crippen LogP contribution in [0.2, 0.25) is 0 Å². The van der Waals surface area contributed by atoms with Crippen LogP contribution in [0.4, 0.5) is 10.1 Å². The van der Waals surface area contributed by atoms with Crippen molar-refractivity contribution in [2.75, 3.05) is 5.32 Å². The molecule has 0 aliphatic rings. The van der Waals surface area contributed by atoms with E-state index in [9.17, 15) is 14.0 Å². The Morgan fingerprint density at radius 1 is 1.12 bits per heavy atom. The van der Waals surface area contributed by atoms with Crippen LogP contribution in [0, 0.1) is 5.82 Å². The number of carbonyl (C=O) groups is 2. The number of rotatable bonds is 4. The van der Waals surface area contributed by atoms with Crippen LogP contribution in [0.5, 0.6) is 0 Å². The summed E-state index contributed by atoms with van der Waals surface area (Å²) in [5.74, 6) is -0.815. The van der Waals surface area contributed by atoms with Crippen molar-refractivity contribution < 1.29 is 14.0 Å².